The van der Waals surface area contributed by atoms with Crippen LogP contribution in [0.4, 0.5) is 5.69 Å². The maximum Gasteiger partial charge on any atom is 0.220 e. The van der Waals surface area contributed by atoms with Crippen molar-refractivity contribution < 1.29 is 9.53 Å². The second-order valence-corrected chi connectivity index (χ2v) is 7.32. The summed E-state index contributed by atoms with van der Waals surface area (Å²) in [4.78, 5) is 16.6. The molecule has 0 aliphatic heterocycles. The van der Waals surface area contributed by atoms with Gasteiger partial charge in [0.1, 0.15) is 5.75 Å². The normalized spacial score (nSPS) is 10.4. The molecule has 0 saturated carbocycles. The van der Waals surface area contributed by atoms with Crippen molar-refractivity contribution in [3.63, 3.8) is 0 Å². The van der Waals surface area contributed by atoms with Crippen molar-refractivity contribution in [2.45, 2.75) is 19.4 Å². The standard InChI is InChI=1S/C24H23ClN4O2/c1-3-10-27-23(30)9-6-18-15-28-21-7-4-16(13-26)11-19(21)24(18)29-14-17-5-8-22(31-2)20(25)12-17/h3-5,7-8,11-12,15H,1,6,9-10,14H2,2H3,(H,27,30)(H,28,29). The smallest absolute Gasteiger partial charge is 0.220 e. The molecule has 158 valence electrons. The van der Waals surface area contributed by atoms with E-state index in [0.29, 0.717) is 42.3 Å². The molecule has 0 atom stereocenters. The van der Waals surface area contributed by atoms with Gasteiger partial charge in [0.2, 0.25) is 5.91 Å². The number of nitriles is 1. The van der Waals surface area contributed by atoms with Crippen LogP contribution < -0.4 is 15.4 Å². The number of ether oxygens (including phenoxy) is 1. The van der Waals surface area contributed by atoms with Crippen LogP contribution in [0, 0.1) is 11.3 Å². The topological polar surface area (TPSA) is 87.0 Å². The average molecular weight is 435 g/mol. The Morgan fingerprint density at radius 1 is 1.32 bits per heavy atom. The van der Waals surface area contributed by atoms with Gasteiger partial charge in [-0.3, -0.25) is 9.78 Å². The maximum atomic E-state index is 12.1. The molecule has 1 aromatic heterocycles. The number of nitrogens with one attached hydrogen (secondary N) is 2. The van der Waals surface area contributed by atoms with E-state index in [1.807, 2.05) is 30.3 Å². The second-order valence-electron chi connectivity index (χ2n) is 6.92. The zero-order valence-electron chi connectivity index (χ0n) is 17.2. The highest BCUT2D eigenvalue weighted by molar-refractivity contribution is 6.32. The van der Waals surface area contributed by atoms with Crippen LogP contribution in [0.5, 0.6) is 5.75 Å². The number of benzene rings is 2. The Morgan fingerprint density at radius 3 is 2.87 bits per heavy atom. The van der Waals surface area contributed by atoms with Crippen molar-refractivity contribution >= 4 is 34.1 Å². The number of amides is 1. The Morgan fingerprint density at radius 2 is 2.16 bits per heavy atom. The van der Waals surface area contributed by atoms with Gasteiger partial charge in [0.05, 0.1) is 29.3 Å². The van der Waals surface area contributed by atoms with Crippen LogP contribution in [-0.2, 0) is 17.8 Å². The molecule has 3 aromatic rings. The molecule has 31 heavy (non-hydrogen) atoms. The van der Waals surface area contributed by atoms with E-state index in [4.69, 9.17) is 16.3 Å². The molecular formula is C24H23ClN4O2. The van der Waals surface area contributed by atoms with Crippen LogP contribution in [0.3, 0.4) is 0 Å². The summed E-state index contributed by atoms with van der Waals surface area (Å²) in [5.41, 5.74) is 4.04. The average Bonchev–Trinajstić information content (AvgIpc) is 2.79. The molecule has 1 amide bonds. The lowest BCUT2D eigenvalue weighted by molar-refractivity contribution is -0.120. The predicted molar refractivity (Wildman–Crippen MR) is 123 cm³/mol. The molecule has 2 N–H and O–H groups in total. The quantitative estimate of drug-likeness (QED) is 0.480. The first kappa shape index (κ1) is 22.1. The van der Waals surface area contributed by atoms with Gasteiger partial charge in [-0.25, -0.2) is 0 Å². The highest BCUT2D eigenvalue weighted by atomic mass is 35.5. The van der Waals surface area contributed by atoms with Crippen LogP contribution in [0.15, 0.2) is 55.3 Å². The molecule has 0 fully saturated rings. The van der Waals surface area contributed by atoms with Crippen molar-refractivity contribution in [1.82, 2.24) is 10.3 Å². The first-order chi connectivity index (χ1) is 15.0. The summed E-state index contributed by atoms with van der Waals surface area (Å²) >= 11 is 6.25. The van der Waals surface area contributed by atoms with Gasteiger partial charge in [-0.2, -0.15) is 5.26 Å². The summed E-state index contributed by atoms with van der Waals surface area (Å²) in [6.45, 7) is 4.55. The first-order valence-corrected chi connectivity index (χ1v) is 10.2. The van der Waals surface area contributed by atoms with E-state index in [2.05, 4.69) is 28.3 Å². The summed E-state index contributed by atoms with van der Waals surface area (Å²) < 4.78 is 5.21. The van der Waals surface area contributed by atoms with Crippen LogP contribution in [-0.4, -0.2) is 24.5 Å². The zero-order valence-corrected chi connectivity index (χ0v) is 18.0. The van der Waals surface area contributed by atoms with Gasteiger partial charge in [0.25, 0.3) is 0 Å². The van der Waals surface area contributed by atoms with Crippen LogP contribution in [0.1, 0.15) is 23.1 Å². The second kappa shape index (κ2) is 10.5. The molecule has 2 aromatic carbocycles. The fraction of sp³-hybridized carbons (Fsp3) is 0.208. The minimum absolute atomic E-state index is 0.0568. The summed E-state index contributed by atoms with van der Waals surface area (Å²) in [6, 6.07) is 13.2. The summed E-state index contributed by atoms with van der Waals surface area (Å²) in [7, 11) is 1.58. The highest BCUT2D eigenvalue weighted by Crippen LogP contribution is 2.30. The number of rotatable bonds is 9. The fourth-order valence-electron chi connectivity index (χ4n) is 3.23. The van der Waals surface area contributed by atoms with E-state index < -0.39 is 0 Å². The number of aromatic nitrogens is 1. The molecule has 0 radical (unpaired) electrons. The number of hydrogen-bond donors (Lipinski definition) is 2. The van der Waals surface area contributed by atoms with Gasteiger partial charge >= 0.3 is 0 Å². The van der Waals surface area contributed by atoms with Gasteiger partial charge in [-0.15, -0.1) is 6.58 Å². The highest BCUT2D eigenvalue weighted by Gasteiger charge is 2.12. The van der Waals surface area contributed by atoms with Crippen molar-refractivity contribution in [2.24, 2.45) is 0 Å². The number of fused-ring (bicyclic) bond motifs is 1. The monoisotopic (exact) mass is 434 g/mol. The van der Waals surface area contributed by atoms with Crippen molar-refractivity contribution in [3.8, 4) is 11.8 Å². The summed E-state index contributed by atoms with van der Waals surface area (Å²) in [5.74, 6) is 0.559. The molecule has 1 heterocycles. The molecule has 0 spiro atoms. The molecule has 7 heteroatoms. The van der Waals surface area contributed by atoms with Crippen LogP contribution in [0.2, 0.25) is 5.02 Å². The summed E-state index contributed by atoms with van der Waals surface area (Å²) in [6.07, 6.45) is 4.25. The van der Waals surface area contributed by atoms with E-state index in [1.54, 1.807) is 25.4 Å². The lowest BCUT2D eigenvalue weighted by atomic mass is 10.0. The molecule has 0 bridgehead atoms. The summed E-state index contributed by atoms with van der Waals surface area (Å²) in [5, 5.41) is 16.9. The number of aryl methyl sites for hydroxylation is 1. The minimum atomic E-state index is -0.0568. The first-order valence-electron chi connectivity index (χ1n) is 9.81. The molecule has 6 nitrogen and oxygen atoms in total. The van der Waals surface area contributed by atoms with Gasteiger partial charge in [-0.05, 0) is 47.9 Å². The Balaban J connectivity index is 1.91. The number of halogens is 1. The zero-order chi connectivity index (χ0) is 22.2. The molecular weight excluding hydrogens is 412 g/mol. The molecule has 3 rings (SSSR count). The number of anilines is 1. The lowest BCUT2D eigenvalue weighted by Gasteiger charge is -2.16. The van der Waals surface area contributed by atoms with Gasteiger partial charge in [-0.1, -0.05) is 23.7 Å². The lowest BCUT2D eigenvalue weighted by Crippen LogP contribution is -2.23. The van der Waals surface area contributed by atoms with Crippen LogP contribution in [0.25, 0.3) is 10.9 Å². The van der Waals surface area contributed by atoms with Gasteiger partial charge in [0.15, 0.2) is 0 Å². The van der Waals surface area contributed by atoms with Crippen molar-refractivity contribution in [1.29, 1.82) is 5.26 Å². The fourth-order valence-corrected chi connectivity index (χ4v) is 3.51. The third-order valence-corrected chi connectivity index (χ3v) is 5.12. The Kier molecular flexibility index (Phi) is 7.47. The van der Waals surface area contributed by atoms with Crippen LogP contribution >= 0.6 is 11.6 Å². The molecule has 0 aliphatic rings. The Labute approximate surface area is 186 Å². The number of carbonyl (C=O) groups excluding carboxylic acids is 1. The number of pyridine rings is 1. The number of carbonyl (C=O) groups is 1. The molecule has 0 saturated heterocycles. The third kappa shape index (κ3) is 5.53. The van der Waals surface area contributed by atoms with Crippen molar-refractivity contribution in [2.75, 3.05) is 19.0 Å². The predicted octanol–water partition coefficient (Wildman–Crippen LogP) is 4.62. The van der Waals surface area contributed by atoms with E-state index in [1.165, 1.54) is 0 Å². The van der Waals surface area contributed by atoms with Gasteiger partial charge in [0, 0.05) is 36.8 Å². The number of hydrogen-bond acceptors (Lipinski definition) is 5. The Hall–Kier alpha value is -3.56. The number of nitrogens with zero attached hydrogens (tertiary/aromatic N) is 2. The maximum absolute atomic E-state index is 12.1. The van der Waals surface area contributed by atoms with Gasteiger partial charge < -0.3 is 15.4 Å². The van der Waals surface area contributed by atoms with E-state index >= 15 is 0 Å². The SMILES string of the molecule is C=CCNC(=O)CCc1cnc2ccc(C#N)cc2c1NCc1ccc(OC)c(Cl)c1. The largest absolute Gasteiger partial charge is 0.495 e. The molecule has 0 unspecified atom stereocenters. The minimum Gasteiger partial charge on any atom is -0.495 e. The van der Waals surface area contributed by atoms with E-state index in [9.17, 15) is 10.1 Å². The third-order valence-electron chi connectivity index (χ3n) is 4.83. The number of methoxy groups -OCH3 is 1. The van der Waals surface area contributed by atoms with Crippen molar-refractivity contribution in [3.05, 3.63) is 77.0 Å². The van der Waals surface area contributed by atoms with E-state index in [0.717, 1.165) is 27.7 Å². The Bertz CT molecular complexity index is 1150. The van der Waals surface area contributed by atoms with E-state index in [-0.39, 0.29) is 5.91 Å². The molecule has 0 aliphatic carbocycles.